The fourth-order valence-electron chi connectivity index (χ4n) is 2.33. The van der Waals surface area contributed by atoms with Crippen LogP contribution >= 0.6 is 11.3 Å². The van der Waals surface area contributed by atoms with E-state index in [9.17, 15) is 8.42 Å². The summed E-state index contributed by atoms with van der Waals surface area (Å²) in [6, 6.07) is 3.90. The lowest BCUT2D eigenvalue weighted by atomic mass is 10.3. The van der Waals surface area contributed by atoms with Crippen molar-refractivity contribution in [1.82, 2.24) is 9.21 Å². The van der Waals surface area contributed by atoms with Crippen molar-refractivity contribution in [2.75, 3.05) is 32.8 Å². The second kappa shape index (κ2) is 6.53. The molecule has 0 aromatic carbocycles. The molecule has 1 aromatic heterocycles. The van der Waals surface area contributed by atoms with Gasteiger partial charge in [0.05, 0.1) is 0 Å². The molecule has 2 heterocycles. The lowest BCUT2D eigenvalue weighted by molar-refractivity contribution is 0.154. The summed E-state index contributed by atoms with van der Waals surface area (Å²) in [4.78, 5) is 3.20. The quantitative estimate of drug-likeness (QED) is 0.880. The molecule has 0 radical (unpaired) electrons. The second-order valence-electron chi connectivity index (χ2n) is 5.23. The highest BCUT2D eigenvalue weighted by molar-refractivity contribution is 7.91. The molecule has 0 atom stereocenters. The minimum absolute atomic E-state index is 0.0487. The molecule has 1 aliphatic rings. The van der Waals surface area contributed by atoms with Crippen LogP contribution in [0.4, 0.5) is 0 Å². The summed E-state index contributed by atoms with van der Waals surface area (Å²) < 4.78 is 27.0. The topological polar surface area (TPSA) is 60.9 Å². The van der Waals surface area contributed by atoms with Crippen molar-refractivity contribution in [2.24, 2.45) is 0 Å². The summed E-state index contributed by atoms with van der Waals surface area (Å²) in [6.45, 7) is 6.97. The van der Waals surface area contributed by atoms with Crippen molar-refractivity contribution in [3.63, 3.8) is 0 Å². The first-order chi connectivity index (χ1) is 9.45. The molecule has 1 aromatic rings. The Hall–Kier alpha value is -0.470. The number of aliphatic hydroxyl groups is 1. The highest BCUT2D eigenvalue weighted by Gasteiger charge is 2.30. The zero-order valence-electron chi connectivity index (χ0n) is 11.9. The maximum atomic E-state index is 12.5. The average Bonchev–Trinajstić information content (AvgIpc) is 2.88. The van der Waals surface area contributed by atoms with Crippen molar-refractivity contribution >= 4 is 21.4 Å². The van der Waals surface area contributed by atoms with Crippen LogP contribution in [0.25, 0.3) is 0 Å². The molecule has 1 fully saturated rings. The number of hydrogen-bond donors (Lipinski definition) is 1. The average molecular weight is 318 g/mol. The molecule has 5 nitrogen and oxygen atoms in total. The Balaban J connectivity index is 2.07. The van der Waals surface area contributed by atoms with Crippen LogP contribution in [0.15, 0.2) is 16.3 Å². The first-order valence-corrected chi connectivity index (χ1v) is 9.14. The van der Waals surface area contributed by atoms with Crippen molar-refractivity contribution in [1.29, 1.82) is 0 Å². The van der Waals surface area contributed by atoms with E-state index in [-0.39, 0.29) is 6.61 Å². The van der Waals surface area contributed by atoms with Crippen molar-refractivity contribution < 1.29 is 13.5 Å². The van der Waals surface area contributed by atoms with Crippen LogP contribution in [0, 0.1) is 0 Å². The number of piperazine rings is 1. The van der Waals surface area contributed by atoms with Crippen molar-refractivity contribution in [3.8, 4) is 0 Å². The number of sulfonamides is 1. The summed E-state index contributed by atoms with van der Waals surface area (Å²) in [7, 11) is -3.37. The number of hydrogen-bond acceptors (Lipinski definition) is 5. The Morgan fingerprint density at radius 1 is 1.25 bits per heavy atom. The van der Waals surface area contributed by atoms with E-state index < -0.39 is 10.0 Å². The van der Waals surface area contributed by atoms with Gasteiger partial charge in [-0.2, -0.15) is 4.31 Å². The zero-order valence-corrected chi connectivity index (χ0v) is 13.6. The molecule has 0 saturated carbocycles. The summed E-state index contributed by atoms with van der Waals surface area (Å²) in [5.74, 6) is 0. The number of nitrogens with zero attached hydrogens (tertiary/aromatic N) is 2. The molecule has 7 heteroatoms. The Kier molecular flexibility index (Phi) is 5.19. The summed E-state index contributed by atoms with van der Waals surface area (Å²) >= 11 is 1.26. The third kappa shape index (κ3) is 3.40. The summed E-state index contributed by atoms with van der Waals surface area (Å²) in [5, 5.41) is 8.90. The normalized spacial score (nSPS) is 18.8. The molecule has 1 saturated heterocycles. The van der Waals surface area contributed by atoms with Gasteiger partial charge in [-0.3, -0.25) is 4.90 Å². The third-order valence-electron chi connectivity index (χ3n) is 3.59. The zero-order chi connectivity index (χ0) is 14.8. The maximum Gasteiger partial charge on any atom is 0.252 e. The molecule has 1 aliphatic heterocycles. The molecule has 20 heavy (non-hydrogen) atoms. The van der Waals surface area contributed by atoms with Gasteiger partial charge in [0.2, 0.25) is 0 Å². The van der Waals surface area contributed by atoms with Gasteiger partial charge in [0.15, 0.2) is 0 Å². The molecular formula is C13H22N2O3S2. The van der Waals surface area contributed by atoms with Gasteiger partial charge in [0.25, 0.3) is 10.0 Å². The molecule has 0 unspecified atom stereocenters. The Labute approximate surface area is 124 Å². The molecule has 0 aliphatic carbocycles. The monoisotopic (exact) mass is 318 g/mol. The highest BCUT2D eigenvalue weighted by atomic mass is 32.2. The van der Waals surface area contributed by atoms with E-state index in [0.29, 0.717) is 29.8 Å². The van der Waals surface area contributed by atoms with Gasteiger partial charge in [-0.25, -0.2) is 8.42 Å². The van der Waals surface area contributed by atoms with E-state index >= 15 is 0 Å². The van der Waals surface area contributed by atoms with E-state index in [1.54, 1.807) is 16.4 Å². The first-order valence-electron chi connectivity index (χ1n) is 6.89. The van der Waals surface area contributed by atoms with Gasteiger partial charge >= 0.3 is 0 Å². The molecule has 0 amide bonds. The standard InChI is InChI=1S/C13H22N2O3S2/c1-11(2)14-6-8-15(9-7-14)20(17,18)13-4-3-12(19-13)5-10-16/h3-4,11,16H,5-10H2,1-2H3. The van der Waals surface area contributed by atoms with Gasteiger partial charge in [0, 0.05) is 50.1 Å². The molecule has 0 bridgehead atoms. The van der Waals surface area contributed by atoms with Gasteiger partial charge in [-0.1, -0.05) is 0 Å². The predicted octanol–water partition coefficient (Wildman–Crippen LogP) is 0.998. The van der Waals surface area contributed by atoms with E-state index in [1.807, 2.05) is 0 Å². The van der Waals surface area contributed by atoms with Crippen LogP contribution in [0.2, 0.25) is 0 Å². The van der Waals surface area contributed by atoms with E-state index in [4.69, 9.17) is 5.11 Å². The van der Waals surface area contributed by atoms with E-state index in [0.717, 1.165) is 18.0 Å². The van der Waals surface area contributed by atoms with Crippen molar-refractivity contribution in [2.45, 2.75) is 30.5 Å². The van der Waals surface area contributed by atoms with Crippen LogP contribution < -0.4 is 0 Å². The minimum Gasteiger partial charge on any atom is -0.396 e. The fraction of sp³-hybridized carbons (Fsp3) is 0.692. The van der Waals surface area contributed by atoms with Gasteiger partial charge < -0.3 is 5.11 Å². The van der Waals surface area contributed by atoms with Gasteiger partial charge in [-0.05, 0) is 26.0 Å². The molecular weight excluding hydrogens is 296 g/mol. The fourth-order valence-corrected chi connectivity index (χ4v) is 5.25. The van der Waals surface area contributed by atoms with Crippen LogP contribution in [0.1, 0.15) is 18.7 Å². The molecule has 1 N–H and O–H groups in total. The van der Waals surface area contributed by atoms with Crippen molar-refractivity contribution in [3.05, 3.63) is 17.0 Å². The summed E-state index contributed by atoms with van der Waals surface area (Å²) in [5.41, 5.74) is 0. The Morgan fingerprint density at radius 2 is 1.90 bits per heavy atom. The largest absolute Gasteiger partial charge is 0.396 e. The summed E-state index contributed by atoms with van der Waals surface area (Å²) in [6.07, 6.45) is 0.515. The smallest absolute Gasteiger partial charge is 0.252 e. The predicted molar refractivity (Wildman–Crippen MR) is 80.6 cm³/mol. The van der Waals surface area contributed by atoms with E-state index in [1.165, 1.54) is 11.3 Å². The van der Waals surface area contributed by atoms with E-state index in [2.05, 4.69) is 18.7 Å². The van der Waals surface area contributed by atoms with Crippen LogP contribution in [-0.2, 0) is 16.4 Å². The van der Waals surface area contributed by atoms with Crippen LogP contribution in [0.3, 0.4) is 0 Å². The highest BCUT2D eigenvalue weighted by Crippen LogP contribution is 2.26. The Bertz CT molecular complexity index is 532. The van der Waals surface area contributed by atoms with Gasteiger partial charge in [0.1, 0.15) is 4.21 Å². The minimum atomic E-state index is -3.37. The molecule has 2 rings (SSSR count). The first kappa shape index (κ1) is 15.9. The van der Waals surface area contributed by atoms with Crippen LogP contribution in [-0.4, -0.2) is 61.6 Å². The number of rotatable bonds is 5. The molecule has 114 valence electrons. The van der Waals surface area contributed by atoms with Gasteiger partial charge in [-0.15, -0.1) is 11.3 Å². The lowest BCUT2D eigenvalue weighted by Gasteiger charge is -2.35. The Morgan fingerprint density at radius 3 is 2.45 bits per heavy atom. The SMILES string of the molecule is CC(C)N1CCN(S(=O)(=O)c2ccc(CCO)s2)CC1. The maximum absolute atomic E-state index is 12.5. The number of thiophene rings is 1. The lowest BCUT2D eigenvalue weighted by Crippen LogP contribution is -2.50. The molecule has 0 spiro atoms. The third-order valence-corrected chi connectivity index (χ3v) is 7.10. The second-order valence-corrected chi connectivity index (χ2v) is 8.56. The van der Waals surface area contributed by atoms with Crippen LogP contribution in [0.5, 0.6) is 0 Å². The number of aliphatic hydroxyl groups excluding tert-OH is 1.